The topological polar surface area (TPSA) is 40.5 Å². The molecule has 104 valence electrons. The molecule has 0 saturated heterocycles. The Labute approximate surface area is 115 Å². The second-order valence-corrected chi connectivity index (χ2v) is 5.18. The zero-order valence-electron chi connectivity index (χ0n) is 11.7. The molecule has 1 aromatic rings. The van der Waals surface area contributed by atoms with Crippen LogP contribution in [0, 0.1) is 0 Å². The highest BCUT2D eigenvalue weighted by Gasteiger charge is 2.19. The number of unbranched alkanes of at least 4 members (excludes halogenated alkanes) is 1. The minimum atomic E-state index is 0.236. The van der Waals surface area contributed by atoms with Gasteiger partial charge in [0.2, 0.25) is 0 Å². The number of aliphatic hydroxyl groups is 1. The number of carbonyl (C=O) groups excluding carboxylic acids is 1. The number of fused-ring (bicyclic) bond motifs is 1. The first-order chi connectivity index (χ1) is 9.26. The van der Waals surface area contributed by atoms with Gasteiger partial charge in [-0.3, -0.25) is 4.79 Å². The molecule has 1 N–H and O–H groups in total. The smallest absolute Gasteiger partial charge is 0.162 e. The number of aliphatic hydroxyl groups excluding tert-OH is 1. The molecule has 3 nitrogen and oxygen atoms in total. The Bertz CT molecular complexity index is 442. The van der Waals surface area contributed by atoms with Crippen LogP contribution in [0.25, 0.3) is 0 Å². The van der Waals surface area contributed by atoms with Gasteiger partial charge in [0.15, 0.2) is 5.78 Å². The number of rotatable bonds is 7. The molecule has 1 aromatic carbocycles. The standard InChI is InChI=1S/C16H23NO2/c1-2-3-5-16(19)14-6-7-15-13(12-14)8-10-17(15)9-4-11-18/h6-7,12,18H,2-5,8-11H2,1H3. The number of Topliss-reactive ketones (excluding diaryl/α,β-unsaturated/α-hetero) is 1. The lowest BCUT2D eigenvalue weighted by Crippen LogP contribution is -2.22. The van der Waals surface area contributed by atoms with Crippen LogP contribution >= 0.6 is 0 Å². The van der Waals surface area contributed by atoms with E-state index in [1.807, 2.05) is 6.07 Å². The predicted molar refractivity (Wildman–Crippen MR) is 77.9 cm³/mol. The van der Waals surface area contributed by atoms with Gasteiger partial charge in [0.1, 0.15) is 0 Å². The van der Waals surface area contributed by atoms with Crippen LogP contribution < -0.4 is 4.90 Å². The van der Waals surface area contributed by atoms with E-state index in [-0.39, 0.29) is 12.4 Å². The van der Waals surface area contributed by atoms with Crippen LogP contribution in [-0.4, -0.2) is 30.6 Å². The summed E-state index contributed by atoms with van der Waals surface area (Å²) in [5.74, 6) is 0.262. The Balaban J connectivity index is 2.06. The van der Waals surface area contributed by atoms with E-state index in [1.54, 1.807) is 0 Å². The Morgan fingerprint density at radius 2 is 2.21 bits per heavy atom. The third kappa shape index (κ3) is 3.35. The van der Waals surface area contributed by atoms with Crippen molar-refractivity contribution in [3.05, 3.63) is 29.3 Å². The SMILES string of the molecule is CCCCC(=O)c1ccc2c(c1)CCN2CCCO. The summed E-state index contributed by atoms with van der Waals surface area (Å²) in [6, 6.07) is 6.08. The molecule has 0 radical (unpaired) electrons. The molecule has 2 rings (SSSR count). The van der Waals surface area contributed by atoms with Crippen LogP contribution in [0.1, 0.15) is 48.5 Å². The highest BCUT2D eigenvalue weighted by Crippen LogP contribution is 2.29. The molecule has 0 atom stereocenters. The van der Waals surface area contributed by atoms with Crippen LogP contribution in [-0.2, 0) is 6.42 Å². The molecular weight excluding hydrogens is 238 g/mol. The maximum absolute atomic E-state index is 12.0. The highest BCUT2D eigenvalue weighted by molar-refractivity contribution is 5.96. The molecule has 1 aliphatic rings. The molecule has 19 heavy (non-hydrogen) atoms. The summed E-state index contributed by atoms with van der Waals surface area (Å²) in [4.78, 5) is 14.3. The molecule has 0 bridgehead atoms. The van der Waals surface area contributed by atoms with Crippen molar-refractivity contribution in [3.63, 3.8) is 0 Å². The zero-order chi connectivity index (χ0) is 13.7. The summed E-state index contributed by atoms with van der Waals surface area (Å²) in [7, 11) is 0. The minimum absolute atomic E-state index is 0.236. The predicted octanol–water partition coefficient (Wildman–Crippen LogP) is 2.80. The Kier molecular flexibility index (Phi) is 4.97. The van der Waals surface area contributed by atoms with Crippen molar-refractivity contribution in [3.8, 4) is 0 Å². The lowest BCUT2D eigenvalue weighted by molar-refractivity contribution is 0.0979. The van der Waals surface area contributed by atoms with Crippen LogP contribution in [0.4, 0.5) is 5.69 Å². The van der Waals surface area contributed by atoms with Crippen molar-refractivity contribution in [1.82, 2.24) is 0 Å². The first kappa shape index (κ1) is 14.1. The van der Waals surface area contributed by atoms with Crippen molar-refractivity contribution in [2.45, 2.75) is 39.0 Å². The minimum Gasteiger partial charge on any atom is -0.396 e. The fourth-order valence-electron chi connectivity index (χ4n) is 2.62. The van der Waals surface area contributed by atoms with Crippen molar-refractivity contribution in [2.24, 2.45) is 0 Å². The van der Waals surface area contributed by atoms with Crippen molar-refractivity contribution in [1.29, 1.82) is 0 Å². The van der Waals surface area contributed by atoms with Crippen molar-refractivity contribution < 1.29 is 9.90 Å². The van der Waals surface area contributed by atoms with E-state index in [2.05, 4.69) is 24.0 Å². The van der Waals surface area contributed by atoms with Gasteiger partial charge in [-0.15, -0.1) is 0 Å². The first-order valence-corrected chi connectivity index (χ1v) is 7.28. The first-order valence-electron chi connectivity index (χ1n) is 7.28. The number of ketones is 1. The number of benzene rings is 1. The van der Waals surface area contributed by atoms with Gasteiger partial charge in [-0.2, -0.15) is 0 Å². The maximum atomic E-state index is 12.0. The lowest BCUT2D eigenvalue weighted by Gasteiger charge is -2.18. The Morgan fingerprint density at radius 1 is 1.37 bits per heavy atom. The molecule has 1 aliphatic heterocycles. The molecule has 0 spiro atoms. The Hall–Kier alpha value is -1.35. The van der Waals surface area contributed by atoms with Gasteiger partial charge in [0.25, 0.3) is 0 Å². The van der Waals surface area contributed by atoms with Crippen LogP contribution in [0.2, 0.25) is 0 Å². The maximum Gasteiger partial charge on any atom is 0.162 e. The van der Waals surface area contributed by atoms with Gasteiger partial charge in [0.05, 0.1) is 0 Å². The summed E-state index contributed by atoms with van der Waals surface area (Å²) in [6.07, 6.45) is 4.50. The second-order valence-electron chi connectivity index (χ2n) is 5.18. The summed E-state index contributed by atoms with van der Waals surface area (Å²) in [5.41, 5.74) is 3.37. The molecule has 0 saturated carbocycles. The normalized spacial score (nSPS) is 13.7. The van der Waals surface area contributed by atoms with Gasteiger partial charge in [0, 0.05) is 37.4 Å². The molecule has 0 aliphatic carbocycles. The van der Waals surface area contributed by atoms with Crippen molar-refractivity contribution >= 4 is 11.5 Å². The number of nitrogens with zero attached hydrogens (tertiary/aromatic N) is 1. The third-order valence-electron chi connectivity index (χ3n) is 3.74. The van der Waals surface area contributed by atoms with Gasteiger partial charge in [-0.1, -0.05) is 13.3 Å². The van der Waals surface area contributed by atoms with Gasteiger partial charge < -0.3 is 10.0 Å². The average molecular weight is 261 g/mol. The average Bonchev–Trinajstić information content (AvgIpc) is 2.84. The summed E-state index contributed by atoms with van der Waals surface area (Å²) >= 11 is 0. The Morgan fingerprint density at radius 3 is 2.95 bits per heavy atom. The van der Waals surface area contributed by atoms with E-state index in [0.29, 0.717) is 6.42 Å². The largest absolute Gasteiger partial charge is 0.396 e. The van der Waals surface area contributed by atoms with Crippen LogP contribution in [0.3, 0.4) is 0 Å². The molecule has 3 heteroatoms. The van der Waals surface area contributed by atoms with E-state index < -0.39 is 0 Å². The number of anilines is 1. The summed E-state index contributed by atoms with van der Waals surface area (Å²) < 4.78 is 0. The number of hydrogen-bond donors (Lipinski definition) is 1. The monoisotopic (exact) mass is 261 g/mol. The van der Waals surface area contributed by atoms with Crippen LogP contribution in [0.5, 0.6) is 0 Å². The summed E-state index contributed by atoms with van der Waals surface area (Å²) in [5, 5.41) is 8.90. The molecule has 1 heterocycles. The molecule has 0 fully saturated rings. The zero-order valence-corrected chi connectivity index (χ0v) is 11.7. The van der Waals surface area contributed by atoms with E-state index in [4.69, 9.17) is 5.11 Å². The quantitative estimate of drug-likeness (QED) is 0.767. The fraction of sp³-hybridized carbons (Fsp3) is 0.562. The third-order valence-corrected chi connectivity index (χ3v) is 3.74. The van der Waals surface area contributed by atoms with Gasteiger partial charge in [-0.05, 0) is 43.0 Å². The lowest BCUT2D eigenvalue weighted by atomic mass is 10.0. The van der Waals surface area contributed by atoms with E-state index in [9.17, 15) is 4.79 Å². The van der Waals surface area contributed by atoms with Gasteiger partial charge in [-0.25, -0.2) is 0 Å². The van der Waals surface area contributed by atoms with E-state index >= 15 is 0 Å². The highest BCUT2D eigenvalue weighted by atomic mass is 16.3. The molecule has 0 aromatic heterocycles. The van der Waals surface area contributed by atoms with Gasteiger partial charge >= 0.3 is 0 Å². The molecular formula is C16H23NO2. The van der Waals surface area contributed by atoms with Crippen LogP contribution in [0.15, 0.2) is 18.2 Å². The number of hydrogen-bond acceptors (Lipinski definition) is 3. The number of carbonyl (C=O) groups is 1. The summed E-state index contributed by atoms with van der Waals surface area (Å²) in [6.45, 7) is 4.24. The molecule has 0 unspecified atom stereocenters. The van der Waals surface area contributed by atoms with Crippen molar-refractivity contribution in [2.75, 3.05) is 24.6 Å². The molecule has 0 amide bonds. The second kappa shape index (κ2) is 6.71. The van der Waals surface area contributed by atoms with E-state index in [0.717, 1.165) is 44.3 Å². The fourth-order valence-corrected chi connectivity index (χ4v) is 2.62. The van der Waals surface area contributed by atoms with E-state index in [1.165, 1.54) is 11.3 Å².